The number of carbonyl (C=O) groups is 1. The molecule has 0 spiro atoms. The van der Waals surface area contributed by atoms with Crippen molar-refractivity contribution >= 4 is 113 Å². The molecule has 0 saturated carbocycles. The number of piperazine rings is 1. The van der Waals surface area contributed by atoms with Crippen molar-refractivity contribution in [1.29, 1.82) is 0 Å². The van der Waals surface area contributed by atoms with Gasteiger partial charge in [0.15, 0.2) is 5.13 Å². The molecule has 3 N–H and O–H groups in total. The first-order valence-electron chi connectivity index (χ1n) is 11.8. The number of aromatic nitrogens is 3. The van der Waals surface area contributed by atoms with Gasteiger partial charge in [-0.1, -0.05) is 28.9 Å². The van der Waals surface area contributed by atoms with Crippen LogP contribution in [0.3, 0.4) is 0 Å². The lowest BCUT2D eigenvalue weighted by Gasteiger charge is -2.71. The summed E-state index contributed by atoms with van der Waals surface area (Å²) in [6.45, 7) is 3.38. The summed E-state index contributed by atoms with van der Waals surface area (Å²) in [5.41, 5.74) is 0.821. The molecule has 1 aliphatic rings. The first-order valence-corrected chi connectivity index (χ1v) is 13.8. The second kappa shape index (κ2) is 10.8. The van der Waals surface area contributed by atoms with Crippen LogP contribution in [0.4, 0.5) is 11.1 Å². The van der Waals surface area contributed by atoms with Crippen LogP contribution >= 0.6 is 23.1 Å². The van der Waals surface area contributed by atoms with Gasteiger partial charge in [0, 0.05) is 35.9 Å². The van der Waals surface area contributed by atoms with Crippen molar-refractivity contribution in [2.45, 2.75) is 33.2 Å². The molecule has 1 saturated heterocycles. The number of thioether (sulfide) groups is 1. The Balaban J connectivity index is 1.46. The van der Waals surface area contributed by atoms with Crippen molar-refractivity contribution in [2.24, 2.45) is 5.92 Å². The fraction of sp³-hybridized carbons (Fsp3) is 0.429. The summed E-state index contributed by atoms with van der Waals surface area (Å²) in [5.74, 6) is 0.0300. The maximum atomic E-state index is 13.6. The van der Waals surface area contributed by atoms with Gasteiger partial charge in [-0.25, -0.2) is 15.0 Å². The lowest BCUT2D eigenvalue weighted by Crippen LogP contribution is -2.92. The van der Waals surface area contributed by atoms with Gasteiger partial charge in [0.05, 0.1) is 73.0 Å². The van der Waals surface area contributed by atoms with Gasteiger partial charge in [0.25, 0.3) is 5.91 Å². The summed E-state index contributed by atoms with van der Waals surface area (Å²) in [4.78, 5) is 28.5. The first kappa shape index (κ1) is 30.1. The summed E-state index contributed by atoms with van der Waals surface area (Å²) in [6.07, 6.45) is 5.52. The molecule has 4 rings (SSSR count). The van der Waals surface area contributed by atoms with Gasteiger partial charge in [-0.15, -0.1) is 11.8 Å². The highest BCUT2D eigenvalue weighted by molar-refractivity contribution is 7.98. The zero-order chi connectivity index (χ0) is 28.8. The van der Waals surface area contributed by atoms with Crippen molar-refractivity contribution in [1.82, 2.24) is 25.2 Å². The second-order valence-electron chi connectivity index (χ2n) is 9.67. The number of hydrogen-bond acceptors (Lipinski definition) is 9. The number of carbonyl (C=O) groups excluding carboxylic acids is 1. The van der Waals surface area contributed by atoms with E-state index in [9.17, 15) is 4.79 Å². The monoisotopic (exact) mass is 537 g/mol. The fourth-order valence-electron chi connectivity index (χ4n) is 3.93. The van der Waals surface area contributed by atoms with Crippen molar-refractivity contribution in [2.75, 3.05) is 30.0 Å². The molecule has 16 radical (unpaired) electrons. The average Bonchev–Trinajstić information content (AvgIpc) is 3.27. The molecule has 3 heterocycles. The van der Waals surface area contributed by atoms with Crippen LogP contribution in [0.25, 0.3) is 10.2 Å². The van der Waals surface area contributed by atoms with Crippen LogP contribution in [0.1, 0.15) is 17.3 Å². The highest BCUT2D eigenvalue weighted by Crippen LogP contribution is 2.37. The molecule has 0 aliphatic carbocycles. The third-order valence-electron chi connectivity index (χ3n) is 6.39. The van der Waals surface area contributed by atoms with Crippen molar-refractivity contribution in [3.8, 4) is 0 Å². The van der Waals surface area contributed by atoms with E-state index in [-0.39, 0.29) is 11.5 Å². The predicted molar refractivity (Wildman–Crippen MR) is 166 cm³/mol. The van der Waals surface area contributed by atoms with Gasteiger partial charge in [0.2, 0.25) is 5.95 Å². The molecular weight excluding hydrogens is 517 g/mol. The summed E-state index contributed by atoms with van der Waals surface area (Å²) in [6, 6.07) is 4.81. The Kier molecular flexibility index (Phi) is 8.34. The molecule has 39 heavy (non-hydrogen) atoms. The molecule has 1 atom stereocenters. The SMILES string of the molecule is [B]C1([B])NC([B])([B])C([B])([B])N(C(=O)c2ccc3nc(NC[C@@H](C)CNc4ncc(SC)cn4)sc3c2)C1([B])[B]. The molecule has 3 aromatic rings. The third kappa shape index (κ3) is 5.79. The van der Waals surface area contributed by atoms with Crippen molar-refractivity contribution < 1.29 is 4.79 Å². The van der Waals surface area contributed by atoms with Crippen LogP contribution in [0.15, 0.2) is 35.5 Å². The van der Waals surface area contributed by atoms with Gasteiger partial charge in [-0.05, 0) is 41.0 Å². The van der Waals surface area contributed by atoms with Gasteiger partial charge in [0.1, 0.15) is 0 Å². The maximum Gasteiger partial charge on any atom is 0.252 e. The summed E-state index contributed by atoms with van der Waals surface area (Å²) in [5, 5.41) is 0.845. The molecule has 1 fully saturated rings. The number of nitrogens with zero attached hydrogens (tertiary/aromatic N) is 4. The Labute approximate surface area is 247 Å². The number of nitrogens with one attached hydrogen (secondary N) is 3. The molecular formula is C21H19B8N7OS2. The maximum absolute atomic E-state index is 13.6. The fourth-order valence-corrected chi connectivity index (χ4v) is 5.16. The average molecular weight is 536 g/mol. The minimum Gasteiger partial charge on any atom is -0.361 e. The summed E-state index contributed by atoms with van der Waals surface area (Å²) >= 11 is 2.94. The van der Waals surface area contributed by atoms with Crippen molar-refractivity contribution in [3.63, 3.8) is 0 Å². The largest absolute Gasteiger partial charge is 0.361 e. The van der Waals surface area contributed by atoms with E-state index >= 15 is 0 Å². The van der Waals surface area contributed by atoms with E-state index in [1.165, 1.54) is 17.4 Å². The normalized spacial score (nSPS) is 19.8. The molecule has 1 aliphatic heterocycles. The van der Waals surface area contributed by atoms with Gasteiger partial charge in [-0.2, -0.15) is 0 Å². The minimum atomic E-state index is -2.27. The van der Waals surface area contributed by atoms with E-state index in [0.717, 1.165) is 4.90 Å². The van der Waals surface area contributed by atoms with E-state index in [1.807, 2.05) is 6.26 Å². The quantitative estimate of drug-likeness (QED) is 0.249. The predicted octanol–water partition coefficient (Wildman–Crippen LogP) is -1.02. The second-order valence-corrected chi connectivity index (χ2v) is 11.6. The topological polar surface area (TPSA) is 95.1 Å². The van der Waals surface area contributed by atoms with E-state index in [1.54, 1.807) is 36.3 Å². The number of benzene rings is 1. The Morgan fingerprint density at radius 2 is 1.62 bits per heavy atom. The van der Waals surface area contributed by atoms with E-state index in [0.29, 0.717) is 39.3 Å². The Bertz CT molecular complexity index is 1330. The van der Waals surface area contributed by atoms with Crippen LogP contribution in [-0.4, -0.2) is 129 Å². The third-order valence-corrected chi connectivity index (χ3v) is 8.05. The van der Waals surface area contributed by atoms with Gasteiger partial charge >= 0.3 is 0 Å². The van der Waals surface area contributed by atoms with Crippen LogP contribution in [0.5, 0.6) is 0 Å². The number of fused-ring (bicyclic) bond motifs is 1. The zero-order valence-corrected chi connectivity index (χ0v) is 23.1. The van der Waals surface area contributed by atoms with E-state index < -0.39 is 27.3 Å². The number of anilines is 2. The Morgan fingerprint density at radius 3 is 2.21 bits per heavy atom. The van der Waals surface area contributed by atoms with Gasteiger partial charge < -0.3 is 20.9 Å². The van der Waals surface area contributed by atoms with Crippen LogP contribution < -0.4 is 16.0 Å². The van der Waals surface area contributed by atoms with Crippen molar-refractivity contribution in [3.05, 3.63) is 36.2 Å². The number of amides is 1. The zero-order valence-electron chi connectivity index (χ0n) is 21.5. The molecule has 180 valence electrons. The molecule has 0 bridgehead atoms. The Morgan fingerprint density at radius 1 is 1.03 bits per heavy atom. The Hall–Kier alpha value is -1.91. The van der Waals surface area contributed by atoms with Crippen LogP contribution in [0.2, 0.25) is 0 Å². The number of thiazole rings is 1. The molecule has 18 heteroatoms. The highest BCUT2D eigenvalue weighted by atomic mass is 32.2. The number of hydrogen-bond donors (Lipinski definition) is 3. The molecule has 2 aromatic heterocycles. The standard InChI is InChI=1S/C21H19B8N7OS2/c1-10(6-30-16-31-8-12(38-2)9-32-16)7-33-17-34-13-4-3-11(5-14(13)39-17)15(37)36-20(26,27)18(22,23)35-19(24,25)21(36,28)29/h3-5,8-10,35H,6-7H2,1-2H3,(H,33,34)(H,30,31,32)/t10-/m0/s1. The highest BCUT2D eigenvalue weighted by Gasteiger charge is 2.57. The molecule has 8 nitrogen and oxygen atoms in total. The molecule has 0 unspecified atom stereocenters. The lowest BCUT2D eigenvalue weighted by atomic mass is 9.27. The van der Waals surface area contributed by atoms with E-state index in [2.05, 4.69) is 37.8 Å². The van der Waals surface area contributed by atoms with E-state index in [4.69, 9.17) is 62.8 Å². The van der Waals surface area contributed by atoms with Gasteiger partial charge in [-0.3, -0.25) is 4.79 Å². The summed E-state index contributed by atoms with van der Waals surface area (Å²) < 4.78 is 0.712. The molecule has 1 amide bonds. The van der Waals surface area contributed by atoms with Crippen LogP contribution in [0, 0.1) is 5.92 Å². The smallest absolute Gasteiger partial charge is 0.252 e. The minimum absolute atomic E-state index is 0.150. The lowest BCUT2D eigenvalue weighted by molar-refractivity contribution is 0.0462. The van der Waals surface area contributed by atoms with Crippen LogP contribution in [-0.2, 0) is 0 Å². The molecule has 1 aromatic carbocycles. The number of rotatable bonds is 8. The summed E-state index contributed by atoms with van der Waals surface area (Å²) in [7, 11) is 48.6. The first-order chi connectivity index (χ1) is 18.1.